The molecule has 0 bridgehead atoms. The summed E-state index contributed by atoms with van der Waals surface area (Å²) >= 11 is 0. The van der Waals surface area contributed by atoms with Crippen LogP contribution >= 0.6 is 0 Å². The number of hydrogen-bond acceptors (Lipinski definition) is 10. The molecule has 5 aromatic rings. The van der Waals surface area contributed by atoms with E-state index in [0.717, 1.165) is 35.7 Å². The molecule has 15 heteroatoms. The highest BCUT2D eigenvalue weighted by atomic mass is 19.4. The number of benzene rings is 2. The third-order valence-electron chi connectivity index (χ3n) is 8.72. The van der Waals surface area contributed by atoms with Gasteiger partial charge < -0.3 is 24.4 Å². The Morgan fingerprint density at radius 3 is 2.38 bits per heavy atom. The molecule has 0 saturated heterocycles. The van der Waals surface area contributed by atoms with E-state index in [2.05, 4.69) is 20.4 Å². The van der Waals surface area contributed by atoms with Gasteiger partial charge in [0.25, 0.3) is 5.91 Å². The summed E-state index contributed by atoms with van der Waals surface area (Å²) in [4.78, 5) is 34.3. The summed E-state index contributed by atoms with van der Waals surface area (Å²) < 4.78 is 57.5. The Kier molecular flexibility index (Phi) is 8.49. The number of alkyl halides is 3. The van der Waals surface area contributed by atoms with Gasteiger partial charge in [-0.1, -0.05) is 12.1 Å². The van der Waals surface area contributed by atoms with Gasteiger partial charge in [0.15, 0.2) is 11.5 Å². The minimum absolute atomic E-state index is 0.222. The van der Waals surface area contributed by atoms with E-state index in [-0.39, 0.29) is 31.5 Å². The molecule has 0 radical (unpaired) electrons. The van der Waals surface area contributed by atoms with Crippen LogP contribution in [-0.4, -0.2) is 61.9 Å². The van der Waals surface area contributed by atoms with Gasteiger partial charge in [-0.25, -0.2) is 24.6 Å². The Morgan fingerprint density at radius 2 is 1.72 bits per heavy atom. The number of hydrogen-bond donors (Lipinski definition) is 1. The van der Waals surface area contributed by atoms with Crippen molar-refractivity contribution in [1.82, 2.24) is 34.6 Å². The average Bonchev–Trinajstić information content (AvgIpc) is 3.82. The Bertz CT molecular complexity index is 2080. The molecule has 4 heterocycles. The first kappa shape index (κ1) is 32.8. The zero-order chi connectivity index (χ0) is 35.2. The van der Waals surface area contributed by atoms with E-state index in [4.69, 9.17) is 24.2 Å². The van der Waals surface area contributed by atoms with Gasteiger partial charge in [0.2, 0.25) is 5.88 Å². The molecule has 1 N–H and O–H groups in total. The SMILES string of the molecule is COc1ccc(CN2Cc3nc(-c4c(OC)ncnc4C4CC4)nc(NCc4ccc(-n5nc(C(F)(F)F)cc5C)cc4)c3C2=O)c(OC)c1. The van der Waals surface area contributed by atoms with Crippen LogP contribution < -0.4 is 19.5 Å². The number of rotatable bonds is 11. The first-order valence-corrected chi connectivity index (χ1v) is 15.8. The molecule has 1 amide bonds. The van der Waals surface area contributed by atoms with E-state index in [1.165, 1.54) is 18.1 Å². The van der Waals surface area contributed by atoms with Gasteiger partial charge in [0.05, 0.1) is 51.5 Å². The van der Waals surface area contributed by atoms with Crippen LogP contribution in [-0.2, 0) is 25.8 Å². The number of anilines is 1. The van der Waals surface area contributed by atoms with E-state index in [0.29, 0.717) is 57.2 Å². The second-order valence-corrected chi connectivity index (χ2v) is 12.1. The monoisotopic (exact) mass is 686 g/mol. The first-order chi connectivity index (χ1) is 24.1. The highest BCUT2D eigenvalue weighted by Gasteiger charge is 2.37. The van der Waals surface area contributed by atoms with Crippen LogP contribution in [0.25, 0.3) is 17.1 Å². The van der Waals surface area contributed by atoms with Gasteiger partial charge in [-0.3, -0.25) is 4.79 Å². The summed E-state index contributed by atoms with van der Waals surface area (Å²) in [5, 5.41) is 7.07. The topological polar surface area (TPSA) is 129 Å². The molecule has 0 unspecified atom stereocenters. The molecule has 12 nitrogen and oxygen atoms in total. The number of carbonyl (C=O) groups is 1. The van der Waals surface area contributed by atoms with Crippen LogP contribution in [0.4, 0.5) is 19.0 Å². The summed E-state index contributed by atoms with van der Waals surface area (Å²) in [7, 11) is 4.66. The zero-order valence-corrected chi connectivity index (χ0v) is 27.7. The highest BCUT2D eigenvalue weighted by Crippen LogP contribution is 2.45. The van der Waals surface area contributed by atoms with E-state index in [1.54, 1.807) is 56.4 Å². The number of carbonyl (C=O) groups excluding carboxylic acids is 1. The molecule has 7 rings (SSSR count). The number of aryl methyl sites for hydroxylation is 1. The molecule has 0 spiro atoms. The average molecular weight is 687 g/mol. The van der Waals surface area contributed by atoms with Crippen molar-refractivity contribution in [3.63, 3.8) is 0 Å². The lowest BCUT2D eigenvalue weighted by Crippen LogP contribution is -2.24. The first-order valence-electron chi connectivity index (χ1n) is 15.8. The number of nitrogens with zero attached hydrogens (tertiary/aromatic N) is 7. The van der Waals surface area contributed by atoms with Gasteiger partial charge in [-0.15, -0.1) is 0 Å². The summed E-state index contributed by atoms with van der Waals surface area (Å²) in [6.45, 7) is 2.30. The number of fused-ring (bicyclic) bond motifs is 1. The predicted molar refractivity (Wildman–Crippen MR) is 175 cm³/mol. The Hall–Kier alpha value is -5.73. The second-order valence-electron chi connectivity index (χ2n) is 12.1. The van der Waals surface area contributed by atoms with Gasteiger partial charge in [-0.2, -0.15) is 18.3 Å². The summed E-state index contributed by atoms with van der Waals surface area (Å²) in [5.74, 6) is 2.21. The minimum Gasteiger partial charge on any atom is -0.497 e. The van der Waals surface area contributed by atoms with Gasteiger partial charge >= 0.3 is 6.18 Å². The molecule has 3 aromatic heterocycles. The van der Waals surface area contributed by atoms with Crippen molar-refractivity contribution in [3.8, 4) is 34.5 Å². The molecule has 1 aliphatic carbocycles. The van der Waals surface area contributed by atoms with Crippen molar-refractivity contribution in [3.05, 3.63) is 94.3 Å². The van der Waals surface area contributed by atoms with Crippen molar-refractivity contribution in [2.24, 2.45) is 0 Å². The normalized spacial score (nSPS) is 14.1. The van der Waals surface area contributed by atoms with Gasteiger partial charge in [0.1, 0.15) is 34.8 Å². The standard InChI is InChI=1S/C35H33F3N8O4/c1-19-13-27(35(36,37)38)44-46(19)23-10-5-20(6-11-23)15-39-31-28-25(17-45(34(28)47)16-22-9-12-24(48-2)14-26(22)49-3)42-32(43-31)29-30(21-7-8-21)40-18-41-33(29)50-4/h5-6,9-14,18,21H,7-8,15-17H2,1-4H3,(H,39,42,43). The van der Waals surface area contributed by atoms with Crippen LogP contribution in [0.5, 0.6) is 17.4 Å². The number of amides is 1. The third-order valence-corrected chi connectivity index (χ3v) is 8.72. The van der Waals surface area contributed by atoms with Crippen LogP contribution in [0, 0.1) is 6.92 Å². The molecule has 1 fully saturated rings. The predicted octanol–water partition coefficient (Wildman–Crippen LogP) is 6.12. The quantitative estimate of drug-likeness (QED) is 0.174. The van der Waals surface area contributed by atoms with E-state index >= 15 is 0 Å². The minimum atomic E-state index is -4.54. The molecule has 1 saturated carbocycles. The van der Waals surface area contributed by atoms with Crippen LogP contribution in [0.3, 0.4) is 0 Å². The Balaban J connectivity index is 1.22. The molecule has 1 aliphatic heterocycles. The molecule has 2 aromatic carbocycles. The van der Waals surface area contributed by atoms with Gasteiger partial charge in [0, 0.05) is 29.8 Å². The lowest BCUT2D eigenvalue weighted by atomic mass is 10.1. The lowest BCUT2D eigenvalue weighted by Gasteiger charge is -2.18. The van der Waals surface area contributed by atoms with Crippen molar-refractivity contribution >= 4 is 11.7 Å². The second kappa shape index (κ2) is 12.9. The van der Waals surface area contributed by atoms with E-state index in [9.17, 15) is 18.0 Å². The number of aromatic nitrogens is 6. The molecule has 2 aliphatic rings. The van der Waals surface area contributed by atoms with E-state index < -0.39 is 11.9 Å². The summed E-state index contributed by atoms with van der Waals surface area (Å²) in [5.41, 5.74) is 3.73. The fraction of sp³-hybridized carbons (Fsp3) is 0.314. The van der Waals surface area contributed by atoms with Crippen molar-refractivity contribution < 1.29 is 32.2 Å². The van der Waals surface area contributed by atoms with Crippen molar-refractivity contribution in [2.45, 2.75) is 51.5 Å². The number of nitrogens with one attached hydrogen (secondary N) is 1. The largest absolute Gasteiger partial charge is 0.497 e. The molecule has 0 atom stereocenters. The molecule has 50 heavy (non-hydrogen) atoms. The van der Waals surface area contributed by atoms with Crippen LogP contribution in [0.2, 0.25) is 0 Å². The maximum atomic E-state index is 14.0. The van der Waals surface area contributed by atoms with Gasteiger partial charge in [-0.05, 0) is 55.7 Å². The maximum Gasteiger partial charge on any atom is 0.435 e. The highest BCUT2D eigenvalue weighted by molar-refractivity contribution is 6.02. The smallest absolute Gasteiger partial charge is 0.435 e. The Morgan fingerprint density at radius 1 is 0.940 bits per heavy atom. The Labute approximate surface area is 285 Å². The lowest BCUT2D eigenvalue weighted by molar-refractivity contribution is -0.141. The van der Waals surface area contributed by atoms with Crippen LogP contribution in [0.15, 0.2) is 54.9 Å². The van der Waals surface area contributed by atoms with Crippen molar-refractivity contribution in [2.75, 3.05) is 26.6 Å². The fourth-order valence-electron chi connectivity index (χ4n) is 6.04. The number of halogens is 3. The zero-order valence-electron chi connectivity index (χ0n) is 27.7. The summed E-state index contributed by atoms with van der Waals surface area (Å²) in [6.07, 6.45) is -1.12. The third kappa shape index (κ3) is 6.26. The van der Waals surface area contributed by atoms with Crippen LogP contribution in [0.1, 0.15) is 63.0 Å². The molecular formula is C35H33F3N8O4. The van der Waals surface area contributed by atoms with Crippen molar-refractivity contribution in [1.29, 1.82) is 0 Å². The molecule has 258 valence electrons. The number of ether oxygens (including phenoxy) is 3. The maximum absolute atomic E-state index is 14.0. The molecular weight excluding hydrogens is 653 g/mol. The summed E-state index contributed by atoms with van der Waals surface area (Å²) in [6, 6.07) is 13.4. The van der Waals surface area contributed by atoms with E-state index in [1.807, 2.05) is 12.1 Å². The fourth-order valence-corrected chi connectivity index (χ4v) is 6.04. The number of methoxy groups -OCH3 is 3.